The van der Waals surface area contributed by atoms with Crippen LogP contribution in [0, 0.1) is 0 Å². The molecule has 6 N–H and O–H groups in total. The summed E-state index contributed by atoms with van der Waals surface area (Å²) in [5.41, 5.74) is 0. The predicted octanol–water partition coefficient (Wildman–Crippen LogP) is 19.0. The number of aliphatic hydroxyl groups excluding tert-OH is 5. The van der Waals surface area contributed by atoms with Crippen LogP contribution in [0.3, 0.4) is 0 Å². The number of ether oxygens (including phenoxy) is 2. The zero-order valence-electron chi connectivity index (χ0n) is 52.9. The van der Waals surface area contributed by atoms with Crippen LogP contribution >= 0.6 is 0 Å². The van der Waals surface area contributed by atoms with E-state index in [0.29, 0.717) is 6.42 Å². The molecule has 472 valence electrons. The standard InChI is InChI=1S/C71H135NO8/c1-3-5-7-9-11-13-15-17-19-21-23-25-27-29-31-32-33-35-36-38-40-42-44-46-48-50-52-54-56-58-60-65(74)64(63-79-71-70(78)69(77)68(76)66(62-73)80-71)72-67(75)61-59-57-55-53-51-49-47-45-43-41-39-37-34-30-28-26-24-22-20-18-16-14-12-10-8-6-4-2/h22,24,50,52,58,60,64-66,68-71,73-74,76-78H,3-21,23,25-49,51,53-57,59,61-63H2,1-2H3,(H,72,75)/b24-22-,52-50+,60-58+. The monoisotopic (exact) mass is 1130 g/mol. The summed E-state index contributed by atoms with van der Waals surface area (Å²) >= 11 is 0. The fourth-order valence-electron chi connectivity index (χ4n) is 11.4. The third kappa shape index (κ3) is 48.7. The molecule has 1 rings (SSSR count). The van der Waals surface area contributed by atoms with Crippen molar-refractivity contribution in [3.63, 3.8) is 0 Å². The van der Waals surface area contributed by atoms with Gasteiger partial charge in [-0.25, -0.2) is 0 Å². The lowest BCUT2D eigenvalue weighted by Gasteiger charge is -2.40. The van der Waals surface area contributed by atoms with E-state index in [4.69, 9.17) is 9.47 Å². The van der Waals surface area contributed by atoms with Crippen molar-refractivity contribution in [3.05, 3.63) is 36.5 Å². The van der Waals surface area contributed by atoms with Gasteiger partial charge in [0.1, 0.15) is 24.4 Å². The molecule has 0 aromatic carbocycles. The van der Waals surface area contributed by atoms with Gasteiger partial charge >= 0.3 is 0 Å². The van der Waals surface area contributed by atoms with Crippen LogP contribution in [0.25, 0.3) is 0 Å². The number of nitrogens with one attached hydrogen (secondary N) is 1. The maximum absolute atomic E-state index is 13.1. The van der Waals surface area contributed by atoms with E-state index in [0.717, 1.165) is 38.5 Å². The van der Waals surface area contributed by atoms with Gasteiger partial charge in [0.05, 0.1) is 25.4 Å². The molecule has 0 spiro atoms. The van der Waals surface area contributed by atoms with Crippen LogP contribution < -0.4 is 5.32 Å². The molecule has 1 amide bonds. The smallest absolute Gasteiger partial charge is 0.220 e. The number of carbonyl (C=O) groups excluding carboxylic acids is 1. The molecular weight excluding hydrogens is 995 g/mol. The van der Waals surface area contributed by atoms with Crippen molar-refractivity contribution in [3.8, 4) is 0 Å². The van der Waals surface area contributed by atoms with Crippen LogP contribution in [0.15, 0.2) is 36.5 Å². The van der Waals surface area contributed by atoms with Crippen molar-refractivity contribution in [1.29, 1.82) is 0 Å². The van der Waals surface area contributed by atoms with Gasteiger partial charge in [-0.3, -0.25) is 4.79 Å². The van der Waals surface area contributed by atoms with Gasteiger partial charge in [-0.05, 0) is 57.8 Å². The summed E-state index contributed by atoms with van der Waals surface area (Å²) in [6.45, 7) is 3.82. The summed E-state index contributed by atoms with van der Waals surface area (Å²) in [7, 11) is 0. The lowest BCUT2D eigenvalue weighted by molar-refractivity contribution is -0.302. The molecule has 0 radical (unpaired) electrons. The number of allylic oxidation sites excluding steroid dienone is 5. The van der Waals surface area contributed by atoms with E-state index < -0.39 is 49.5 Å². The van der Waals surface area contributed by atoms with Crippen LogP contribution in [0.2, 0.25) is 0 Å². The molecule has 9 heteroatoms. The highest BCUT2D eigenvalue weighted by molar-refractivity contribution is 5.76. The average molecular weight is 1130 g/mol. The van der Waals surface area contributed by atoms with Crippen LogP contribution in [0.4, 0.5) is 0 Å². The highest BCUT2D eigenvalue weighted by Gasteiger charge is 2.44. The Morgan fingerprint density at radius 3 is 1.05 bits per heavy atom. The lowest BCUT2D eigenvalue weighted by atomic mass is 9.99. The summed E-state index contributed by atoms with van der Waals surface area (Å²) in [4.78, 5) is 13.1. The van der Waals surface area contributed by atoms with E-state index in [-0.39, 0.29) is 12.5 Å². The van der Waals surface area contributed by atoms with Gasteiger partial charge in [-0.2, -0.15) is 0 Å². The second-order valence-corrected chi connectivity index (χ2v) is 24.7. The van der Waals surface area contributed by atoms with Gasteiger partial charge in [-0.15, -0.1) is 0 Å². The minimum atomic E-state index is -1.57. The third-order valence-corrected chi connectivity index (χ3v) is 16.9. The van der Waals surface area contributed by atoms with Gasteiger partial charge in [0, 0.05) is 6.42 Å². The van der Waals surface area contributed by atoms with Gasteiger partial charge in [0.15, 0.2) is 6.29 Å². The first kappa shape index (κ1) is 76.4. The number of aliphatic hydroxyl groups is 5. The van der Waals surface area contributed by atoms with Crippen LogP contribution in [-0.4, -0.2) is 87.5 Å². The molecule has 0 aromatic rings. The molecule has 9 nitrogen and oxygen atoms in total. The first-order valence-electron chi connectivity index (χ1n) is 35.2. The molecule has 1 saturated heterocycles. The fourth-order valence-corrected chi connectivity index (χ4v) is 11.4. The lowest BCUT2D eigenvalue weighted by Crippen LogP contribution is -2.60. The van der Waals surface area contributed by atoms with Gasteiger partial charge in [-0.1, -0.05) is 326 Å². The van der Waals surface area contributed by atoms with Crippen molar-refractivity contribution in [1.82, 2.24) is 5.32 Å². The number of amides is 1. The minimum absolute atomic E-state index is 0.180. The Balaban J connectivity index is 2.15. The van der Waals surface area contributed by atoms with Crippen LogP contribution in [-0.2, 0) is 14.3 Å². The number of rotatable bonds is 62. The molecule has 0 bridgehead atoms. The molecule has 0 aliphatic carbocycles. The topological polar surface area (TPSA) is 149 Å². The highest BCUT2D eigenvalue weighted by Crippen LogP contribution is 2.23. The Morgan fingerprint density at radius 2 is 0.713 bits per heavy atom. The number of hydrogen-bond acceptors (Lipinski definition) is 8. The third-order valence-electron chi connectivity index (χ3n) is 16.9. The summed E-state index contributed by atoms with van der Waals surface area (Å²) in [6, 6.07) is -0.822. The number of unbranched alkanes of at least 4 members (excludes halogenated alkanes) is 48. The quantitative estimate of drug-likeness (QED) is 0.0261. The van der Waals surface area contributed by atoms with Gasteiger partial charge in [0.25, 0.3) is 0 Å². The van der Waals surface area contributed by atoms with Crippen LogP contribution in [0.1, 0.15) is 354 Å². The Bertz CT molecular complexity index is 1360. The highest BCUT2D eigenvalue weighted by atomic mass is 16.7. The van der Waals surface area contributed by atoms with Gasteiger partial charge < -0.3 is 40.3 Å². The number of carbonyl (C=O) groups is 1. The van der Waals surface area contributed by atoms with E-state index in [1.165, 1.54) is 295 Å². The van der Waals surface area contributed by atoms with Crippen molar-refractivity contribution < 1.29 is 39.8 Å². The molecule has 1 aliphatic rings. The van der Waals surface area contributed by atoms with Gasteiger partial charge in [0.2, 0.25) is 5.91 Å². The summed E-state index contributed by atoms with van der Waals surface area (Å²) < 4.78 is 11.3. The normalized spacial score (nSPS) is 18.6. The fraction of sp³-hybridized carbons (Fsp3) is 0.901. The van der Waals surface area contributed by atoms with Crippen molar-refractivity contribution in [2.45, 2.75) is 397 Å². The van der Waals surface area contributed by atoms with E-state index >= 15 is 0 Å². The van der Waals surface area contributed by atoms with Crippen molar-refractivity contribution >= 4 is 5.91 Å². The SMILES string of the molecule is CCCCCCCCCC/C=C\CCCCCCCCCCCCCCCCCC(=O)NC(COC1OC(CO)C(O)C(O)C1O)C(O)/C=C/CC/C=C/CCCCCCCCCCCCCCCCCCCCCCCCCC. The predicted molar refractivity (Wildman–Crippen MR) is 341 cm³/mol. The minimum Gasteiger partial charge on any atom is -0.394 e. The average Bonchev–Trinajstić information content (AvgIpc) is 3.46. The molecule has 1 fully saturated rings. The Hall–Kier alpha value is -1.59. The Labute approximate surface area is 495 Å². The van der Waals surface area contributed by atoms with E-state index in [9.17, 15) is 30.3 Å². The molecule has 1 heterocycles. The van der Waals surface area contributed by atoms with E-state index in [2.05, 4.69) is 43.5 Å². The number of hydrogen-bond donors (Lipinski definition) is 6. The molecule has 1 aliphatic heterocycles. The largest absolute Gasteiger partial charge is 0.394 e. The summed E-state index contributed by atoms with van der Waals surface area (Å²) in [6.07, 6.45) is 74.0. The molecular formula is C71H135NO8. The Morgan fingerprint density at radius 1 is 0.412 bits per heavy atom. The molecule has 0 aromatic heterocycles. The molecule has 80 heavy (non-hydrogen) atoms. The second kappa shape index (κ2) is 60.5. The zero-order valence-corrected chi connectivity index (χ0v) is 52.9. The van der Waals surface area contributed by atoms with Crippen LogP contribution in [0.5, 0.6) is 0 Å². The summed E-state index contributed by atoms with van der Waals surface area (Å²) in [5, 5.41) is 54.7. The zero-order chi connectivity index (χ0) is 57.9. The Kier molecular flexibility index (Phi) is 57.8. The first-order valence-corrected chi connectivity index (χ1v) is 35.2. The maximum Gasteiger partial charge on any atom is 0.220 e. The summed E-state index contributed by atoms with van der Waals surface area (Å²) in [5.74, 6) is -0.180. The van der Waals surface area contributed by atoms with Crippen molar-refractivity contribution in [2.75, 3.05) is 13.2 Å². The molecule has 7 atom stereocenters. The molecule has 7 unspecified atom stereocenters. The van der Waals surface area contributed by atoms with E-state index in [1.54, 1.807) is 6.08 Å². The van der Waals surface area contributed by atoms with E-state index in [1.807, 2.05) is 6.08 Å². The second-order valence-electron chi connectivity index (χ2n) is 24.7. The molecule has 0 saturated carbocycles. The maximum atomic E-state index is 13.1. The van der Waals surface area contributed by atoms with Crippen molar-refractivity contribution in [2.24, 2.45) is 0 Å². The first-order chi connectivity index (χ1) is 39.3.